The van der Waals surface area contributed by atoms with Crippen molar-refractivity contribution in [1.82, 2.24) is 0 Å². The molecule has 154 valence electrons. The van der Waals surface area contributed by atoms with Crippen LogP contribution < -0.4 is 0 Å². The first-order valence-corrected chi connectivity index (χ1v) is 6.67. The maximum atomic E-state index is 10.7. The third-order valence-electron chi connectivity index (χ3n) is 2.37. The fourth-order valence-electron chi connectivity index (χ4n) is 1.36. The van der Waals surface area contributed by atoms with Gasteiger partial charge in [-0.3, -0.25) is 14.4 Å². The van der Waals surface area contributed by atoms with Crippen molar-refractivity contribution in [2.45, 2.75) is 18.9 Å². The summed E-state index contributed by atoms with van der Waals surface area (Å²) in [6, 6.07) is 0. The van der Waals surface area contributed by atoms with Gasteiger partial charge in [0.1, 0.15) is 0 Å². The Morgan fingerprint density at radius 2 is 1.11 bits per heavy atom. The lowest BCUT2D eigenvalue weighted by Crippen LogP contribution is -2.24. The molecule has 14 nitrogen and oxygen atoms in total. The molecule has 0 radical (unpaired) electrons. The van der Waals surface area contributed by atoms with Gasteiger partial charge in [-0.25, -0.2) is 19.2 Å². The van der Waals surface area contributed by atoms with E-state index in [2.05, 4.69) is 0 Å². The van der Waals surface area contributed by atoms with Crippen LogP contribution in [0.5, 0.6) is 0 Å². The second-order valence-corrected chi connectivity index (χ2v) is 4.58. The van der Waals surface area contributed by atoms with Crippen LogP contribution in [0.4, 0.5) is 0 Å². The van der Waals surface area contributed by atoms with Crippen LogP contribution in [0.1, 0.15) is 12.8 Å². The monoisotopic (exact) mass is 406 g/mol. The number of Topliss-reactive ketones (excluding diaryl/α,β-unsaturated/α-hetero) is 1. The number of aliphatic hydroxyl groups excluding tert-OH is 1. The Morgan fingerprint density at radius 3 is 1.39 bits per heavy atom. The van der Waals surface area contributed by atoms with Crippen LogP contribution in [0.2, 0.25) is 0 Å². The Hall–Kier alpha value is -4.07. The van der Waals surface area contributed by atoms with Gasteiger partial charge in [-0.2, -0.15) is 0 Å². The van der Waals surface area contributed by atoms with E-state index in [9.17, 15) is 33.6 Å². The number of carbonyl (C=O) groups is 7. The summed E-state index contributed by atoms with van der Waals surface area (Å²) < 4.78 is 0. The second kappa shape index (κ2) is 12.3. The van der Waals surface area contributed by atoms with E-state index in [1.54, 1.807) is 0 Å². The lowest BCUT2D eigenvalue weighted by Gasteiger charge is -2.07. The second-order valence-electron chi connectivity index (χ2n) is 4.58. The van der Waals surface area contributed by atoms with Gasteiger partial charge in [0, 0.05) is 17.7 Å². The van der Waals surface area contributed by atoms with E-state index >= 15 is 0 Å². The summed E-state index contributed by atoms with van der Waals surface area (Å²) in [5.41, 5.74) is -1.37. The summed E-state index contributed by atoms with van der Waals surface area (Å²) in [5, 5.41) is 58.4. The lowest BCUT2D eigenvalue weighted by atomic mass is 10.1. The van der Waals surface area contributed by atoms with Gasteiger partial charge in [0.2, 0.25) is 0 Å². The van der Waals surface area contributed by atoms with Gasteiger partial charge in [-0.1, -0.05) is 0 Å². The van der Waals surface area contributed by atoms with Crippen molar-refractivity contribution in [3.63, 3.8) is 0 Å². The van der Waals surface area contributed by atoms with Crippen LogP contribution in [-0.2, 0) is 33.6 Å². The molecule has 0 aromatic heterocycles. The van der Waals surface area contributed by atoms with Gasteiger partial charge in [0.05, 0.1) is 12.8 Å². The number of rotatable bonds is 10. The number of carbonyl (C=O) groups excluding carboxylic acids is 1. The highest BCUT2D eigenvalue weighted by Crippen LogP contribution is 2.08. The average molecular weight is 406 g/mol. The highest BCUT2D eigenvalue weighted by Gasteiger charge is 2.22. The fourth-order valence-corrected chi connectivity index (χ4v) is 1.36. The van der Waals surface area contributed by atoms with Gasteiger partial charge in [0.15, 0.2) is 6.10 Å². The summed E-state index contributed by atoms with van der Waals surface area (Å²) in [5.74, 6) is -11.1. The Morgan fingerprint density at radius 1 is 0.679 bits per heavy atom. The van der Waals surface area contributed by atoms with Crippen LogP contribution in [0, 0.1) is 0 Å². The quantitative estimate of drug-likeness (QED) is 0.153. The Kier molecular flexibility index (Phi) is 11.5. The molecule has 0 aliphatic heterocycles. The molecule has 7 N–H and O–H groups in total. The van der Waals surface area contributed by atoms with Crippen molar-refractivity contribution in [2.75, 3.05) is 0 Å². The van der Waals surface area contributed by atoms with Crippen LogP contribution >= 0.6 is 0 Å². The largest absolute Gasteiger partial charge is 0.481 e. The van der Waals surface area contributed by atoms with Crippen molar-refractivity contribution < 1.29 is 69.3 Å². The molecular weight excluding hydrogens is 392 g/mol. The Bertz CT molecular complexity index is 741. The minimum absolute atomic E-state index is 0.268. The van der Waals surface area contributed by atoms with Gasteiger partial charge in [-0.05, 0) is 5.57 Å². The normalized spacial score (nSPS) is 12.0. The summed E-state index contributed by atoms with van der Waals surface area (Å²) in [6.45, 7) is 0. The highest BCUT2D eigenvalue weighted by molar-refractivity contribution is 6.40. The summed E-state index contributed by atoms with van der Waals surface area (Å²) in [6.07, 6.45) is -3.24. The number of aliphatic carboxylic acids is 6. The van der Waals surface area contributed by atoms with E-state index in [0.717, 1.165) is 0 Å². The van der Waals surface area contributed by atoms with E-state index in [4.69, 9.17) is 35.7 Å². The smallest absolute Gasteiger partial charge is 0.376 e. The molecule has 14 heteroatoms. The maximum absolute atomic E-state index is 10.7. The maximum Gasteiger partial charge on any atom is 0.376 e. The molecule has 0 saturated carbocycles. The molecule has 0 aliphatic carbocycles. The molecule has 0 aromatic rings. The third-order valence-corrected chi connectivity index (χ3v) is 2.37. The Labute approximate surface area is 154 Å². The van der Waals surface area contributed by atoms with Crippen LogP contribution in [-0.4, -0.2) is 83.4 Å². The summed E-state index contributed by atoms with van der Waals surface area (Å²) in [4.78, 5) is 71.6. The molecule has 0 aliphatic rings. The molecule has 0 bridgehead atoms. The molecule has 28 heavy (non-hydrogen) atoms. The average Bonchev–Trinajstić information content (AvgIpc) is 2.50. The first kappa shape index (κ1) is 26.2. The van der Waals surface area contributed by atoms with Crippen molar-refractivity contribution >= 4 is 41.6 Å². The predicted molar refractivity (Wildman–Crippen MR) is 82.2 cm³/mol. The third kappa shape index (κ3) is 12.3. The molecule has 0 heterocycles. The van der Waals surface area contributed by atoms with Gasteiger partial charge >= 0.3 is 35.8 Å². The van der Waals surface area contributed by atoms with Crippen molar-refractivity contribution in [3.8, 4) is 0 Å². The van der Waals surface area contributed by atoms with E-state index < -0.39 is 71.7 Å². The zero-order valence-electron chi connectivity index (χ0n) is 13.6. The Balaban J connectivity index is 0. The summed E-state index contributed by atoms with van der Waals surface area (Å²) in [7, 11) is 0. The topological polar surface area (TPSA) is 261 Å². The number of aliphatic hydroxyl groups is 1. The fraction of sp³-hybridized carbons (Fsp3) is 0.214. The molecule has 0 amide bonds. The van der Waals surface area contributed by atoms with Crippen molar-refractivity contribution in [2.24, 2.45) is 0 Å². The lowest BCUT2D eigenvalue weighted by molar-refractivity contribution is -0.147. The number of hydrogen-bond donors (Lipinski definition) is 7. The molecule has 1 unspecified atom stereocenters. The van der Waals surface area contributed by atoms with Gasteiger partial charge in [-0.15, -0.1) is 0 Å². The minimum atomic E-state index is -2.11. The van der Waals surface area contributed by atoms with E-state index in [1.807, 2.05) is 0 Å². The number of hydrogen-bond acceptors (Lipinski definition) is 8. The van der Waals surface area contributed by atoms with E-state index in [-0.39, 0.29) is 6.08 Å². The highest BCUT2D eigenvalue weighted by atomic mass is 16.4. The van der Waals surface area contributed by atoms with Crippen molar-refractivity contribution in [3.05, 3.63) is 23.3 Å². The SMILES string of the molecule is O=C(O)/C=C(\CC(=O)O)C(=O)C(=O)O.O=C(O)/C=C(\CC(=O)O)C(O)C(=O)O. The number of carboxylic acids is 6. The zero-order chi connectivity index (χ0) is 22.6. The zero-order valence-corrected chi connectivity index (χ0v) is 13.6. The number of carboxylic acid groups (broad SMARTS) is 6. The minimum Gasteiger partial charge on any atom is -0.481 e. The van der Waals surface area contributed by atoms with Gasteiger partial charge in [0.25, 0.3) is 5.78 Å². The van der Waals surface area contributed by atoms with Crippen molar-refractivity contribution in [1.29, 1.82) is 0 Å². The van der Waals surface area contributed by atoms with Crippen LogP contribution in [0.15, 0.2) is 23.3 Å². The molecule has 0 rings (SSSR count). The first-order chi connectivity index (χ1) is 12.7. The van der Waals surface area contributed by atoms with E-state index in [1.165, 1.54) is 0 Å². The van der Waals surface area contributed by atoms with Gasteiger partial charge < -0.3 is 35.7 Å². The predicted octanol–water partition coefficient (Wildman–Crippen LogP) is -1.96. The van der Waals surface area contributed by atoms with Crippen LogP contribution in [0.25, 0.3) is 0 Å². The van der Waals surface area contributed by atoms with E-state index in [0.29, 0.717) is 6.08 Å². The molecule has 0 aromatic carbocycles. The summed E-state index contributed by atoms with van der Waals surface area (Å²) >= 11 is 0. The molecule has 0 fully saturated rings. The first-order valence-electron chi connectivity index (χ1n) is 6.67. The molecule has 0 spiro atoms. The molecular formula is C14H14O14. The standard InChI is InChI=1S/C7H8O7.C7H6O7/c2*8-4(9)1-3(2-5(10)11)6(12)7(13)14/h1,6,12H,2H2,(H,8,9)(H,10,11)(H,13,14);1H,2H2,(H,8,9)(H,10,11)(H,13,14)/b2*3-1+. The molecule has 0 saturated heterocycles. The number of ketones is 1. The van der Waals surface area contributed by atoms with Crippen LogP contribution in [0.3, 0.4) is 0 Å². The molecule has 1 atom stereocenters.